The number of amides is 1. The molecule has 0 aliphatic carbocycles. The van der Waals surface area contributed by atoms with Crippen molar-refractivity contribution in [3.05, 3.63) is 22.7 Å². The van der Waals surface area contributed by atoms with Crippen molar-refractivity contribution in [3.63, 3.8) is 0 Å². The predicted molar refractivity (Wildman–Crippen MR) is 67.2 cm³/mol. The first kappa shape index (κ1) is 13.6. The van der Waals surface area contributed by atoms with E-state index in [1.807, 2.05) is 13.8 Å². The Morgan fingerprint density at radius 1 is 1.29 bits per heavy atom. The van der Waals surface area contributed by atoms with Gasteiger partial charge in [0, 0.05) is 11.6 Å². The molecule has 1 aromatic carbocycles. The summed E-state index contributed by atoms with van der Waals surface area (Å²) in [7, 11) is 3.00. The topological polar surface area (TPSA) is 47.6 Å². The molecule has 0 heterocycles. The van der Waals surface area contributed by atoms with Crippen LogP contribution in [0.4, 0.5) is 0 Å². The van der Waals surface area contributed by atoms with Gasteiger partial charge in [0.2, 0.25) is 0 Å². The quantitative estimate of drug-likeness (QED) is 0.902. The third kappa shape index (κ3) is 3.27. The maximum atomic E-state index is 11.8. The maximum absolute atomic E-state index is 11.8. The lowest BCUT2D eigenvalue weighted by Crippen LogP contribution is -2.30. The number of halogens is 1. The van der Waals surface area contributed by atoms with Gasteiger partial charge in [-0.3, -0.25) is 4.79 Å². The van der Waals surface area contributed by atoms with Gasteiger partial charge in [-0.05, 0) is 26.0 Å². The average Bonchev–Trinajstić information content (AvgIpc) is 2.26. The number of carbonyl (C=O) groups excluding carboxylic acids is 1. The van der Waals surface area contributed by atoms with Crippen LogP contribution >= 0.6 is 11.6 Å². The monoisotopic (exact) mass is 257 g/mol. The molecule has 0 aliphatic rings. The van der Waals surface area contributed by atoms with Gasteiger partial charge in [0.15, 0.2) is 11.5 Å². The predicted octanol–water partition coefficient (Wildman–Crippen LogP) is 2.50. The van der Waals surface area contributed by atoms with Gasteiger partial charge in [-0.2, -0.15) is 0 Å². The van der Waals surface area contributed by atoms with Gasteiger partial charge in [-0.1, -0.05) is 11.6 Å². The van der Waals surface area contributed by atoms with E-state index in [1.165, 1.54) is 14.2 Å². The Balaban J connectivity index is 3.11. The molecule has 0 aromatic heterocycles. The standard InChI is InChI=1S/C12H16ClNO3/c1-7(2)14-12(15)8-5-9(13)11(17-4)10(6-8)16-3/h5-7H,1-4H3,(H,14,15). The number of carbonyl (C=O) groups is 1. The van der Waals surface area contributed by atoms with Crippen LogP contribution in [-0.2, 0) is 0 Å². The van der Waals surface area contributed by atoms with Crippen molar-refractivity contribution in [2.24, 2.45) is 0 Å². The Bertz CT molecular complexity index is 418. The molecular formula is C12H16ClNO3. The van der Waals surface area contributed by atoms with Crippen molar-refractivity contribution in [2.45, 2.75) is 19.9 Å². The van der Waals surface area contributed by atoms with E-state index in [0.717, 1.165) is 0 Å². The molecule has 0 spiro atoms. The molecule has 0 radical (unpaired) electrons. The van der Waals surface area contributed by atoms with E-state index < -0.39 is 0 Å². The largest absolute Gasteiger partial charge is 0.493 e. The van der Waals surface area contributed by atoms with E-state index in [2.05, 4.69) is 5.32 Å². The molecule has 0 fully saturated rings. The molecule has 0 atom stereocenters. The normalized spacial score (nSPS) is 10.2. The minimum Gasteiger partial charge on any atom is -0.493 e. The maximum Gasteiger partial charge on any atom is 0.251 e. The highest BCUT2D eigenvalue weighted by Gasteiger charge is 2.15. The van der Waals surface area contributed by atoms with Crippen LogP contribution in [0.3, 0.4) is 0 Å². The third-order valence-corrected chi connectivity index (χ3v) is 2.40. The van der Waals surface area contributed by atoms with E-state index in [0.29, 0.717) is 22.1 Å². The highest BCUT2D eigenvalue weighted by molar-refractivity contribution is 6.32. The molecule has 0 bridgehead atoms. The van der Waals surface area contributed by atoms with Crippen molar-refractivity contribution < 1.29 is 14.3 Å². The van der Waals surface area contributed by atoms with Crippen molar-refractivity contribution >= 4 is 17.5 Å². The number of hydrogen-bond acceptors (Lipinski definition) is 3. The summed E-state index contributed by atoms with van der Waals surface area (Å²) in [6.07, 6.45) is 0. The molecule has 0 aliphatic heterocycles. The fourth-order valence-corrected chi connectivity index (χ4v) is 1.68. The average molecular weight is 258 g/mol. The molecule has 4 nitrogen and oxygen atoms in total. The van der Waals surface area contributed by atoms with Crippen LogP contribution in [0.2, 0.25) is 5.02 Å². The van der Waals surface area contributed by atoms with Crippen molar-refractivity contribution in [2.75, 3.05) is 14.2 Å². The molecule has 1 amide bonds. The zero-order valence-electron chi connectivity index (χ0n) is 10.3. The van der Waals surface area contributed by atoms with Crippen molar-refractivity contribution in [1.29, 1.82) is 0 Å². The summed E-state index contributed by atoms with van der Waals surface area (Å²) in [5.41, 5.74) is 0.446. The van der Waals surface area contributed by atoms with Crippen LogP contribution in [0.1, 0.15) is 24.2 Å². The smallest absolute Gasteiger partial charge is 0.251 e. The van der Waals surface area contributed by atoms with Gasteiger partial charge in [0.05, 0.1) is 19.2 Å². The summed E-state index contributed by atoms with van der Waals surface area (Å²) in [6, 6.07) is 3.22. The number of methoxy groups -OCH3 is 2. The first-order valence-corrected chi connectivity index (χ1v) is 5.59. The third-order valence-electron chi connectivity index (χ3n) is 2.12. The molecule has 94 valence electrons. The van der Waals surface area contributed by atoms with Gasteiger partial charge in [0.25, 0.3) is 5.91 Å². The fourth-order valence-electron chi connectivity index (χ4n) is 1.39. The summed E-state index contributed by atoms with van der Waals surface area (Å²) in [6.45, 7) is 3.78. The number of ether oxygens (including phenoxy) is 2. The van der Waals surface area contributed by atoms with Crippen LogP contribution in [0.25, 0.3) is 0 Å². The SMILES string of the molecule is COc1cc(C(=O)NC(C)C)cc(Cl)c1OC. The Kier molecular flexibility index (Phi) is 4.63. The first-order chi connectivity index (χ1) is 7.99. The van der Waals surface area contributed by atoms with E-state index in [9.17, 15) is 4.79 Å². The van der Waals surface area contributed by atoms with Crippen LogP contribution < -0.4 is 14.8 Å². The van der Waals surface area contributed by atoms with Gasteiger partial charge < -0.3 is 14.8 Å². The van der Waals surface area contributed by atoms with E-state index in [4.69, 9.17) is 21.1 Å². The van der Waals surface area contributed by atoms with Crippen LogP contribution in [-0.4, -0.2) is 26.2 Å². The molecule has 1 rings (SSSR count). The van der Waals surface area contributed by atoms with Crippen LogP contribution in [0, 0.1) is 0 Å². The number of nitrogens with one attached hydrogen (secondary N) is 1. The van der Waals surface area contributed by atoms with E-state index >= 15 is 0 Å². The summed E-state index contributed by atoms with van der Waals surface area (Å²) < 4.78 is 10.2. The van der Waals surface area contributed by atoms with Crippen LogP contribution in [0.5, 0.6) is 11.5 Å². The Labute approximate surface area is 106 Å². The Morgan fingerprint density at radius 3 is 2.41 bits per heavy atom. The lowest BCUT2D eigenvalue weighted by Gasteiger charge is -2.13. The molecular weight excluding hydrogens is 242 g/mol. The summed E-state index contributed by atoms with van der Waals surface area (Å²) >= 11 is 6.01. The van der Waals surface area contributed by atoms with Crippen molar-refractivity contribution in [3.8, 4) is 11.5 Å². The molecule has 0 saturated heterocycles. The number of rotatable bonds is 4. The molecule has 1 aromatic rings. The minimum absolute atomic E-state index is 0.0642. The second-order valence-electron chi connectivity index (χ2n) is 3.82. The summed E-state index contributed by atoms with van der Waals surface area (Å²) in [5.74, 6) is 0.673. The Morgan fingerprint density at radius 2 is 1.94 bits per heavy atom. The lowest BCUT2D eigenvalue weighted by molar-refractivity contribution is 0.0942. The molecule has 0 unspecified atom stereocenters. The molecule has 5 heteroatoms. The summed E-state index contributed by atoms with van der Waals surface area (Å²) in [4.78, 5) is 11.8. The number of benzene rings is 1. The zero-order valence-corrected chi connectivity index (χ0v) is 11.1. The molecule has 17 heavy (non-hydrogen) atoms. The van der Waals surface area contributed by atoms with Gasteiger partial charge in [0.1, 0.15) is 0 Å². The zero-order chi connectivity index (χ0) is 13.0. The van der Waals surface area contributed by atoms with Gasteiger partial charge in [-0.15, -0.1) is 0 Å². The molecule has 0 saturated carbocycles. The first-order valence-electron chi connectivity index (χ1n) is 5.22. The molecule has 1 N–H and O–H groups in total. The fraction of sp³-hybridized carbons (Fsp3) is 0.417. The lowest BCUT2D eigenvalue weighted by atomic mass is 10.1. The van der Waals surface area contributed by atoms with Crippen LogP contribution in [0.15, 0.2) is 12.1 Å². The summed E-state index contributed by atoms with van der Waals surface area (Å²) in [5, 5.41) is 3.13. The highest BCUT2D eigenvalue weighted by atomic mass is 35.5. The van der Waals surface area contributed by atoms with E-state index in [1.54, 1.807) is 12.1 Å². The van der Waals surface area contributed by atoms with Gasteiger partial charge in [-0.25, -0.2) is 0 Å². The van der Waals surface area contributed by atoms with E-state index in [-0.39, 0.29) is 11.9 Å². The second-order valence-corrected chi connectivity index (χ2v) is 4.23. The van der Waals surface area contributed by atoms with Crippen molar-refractivity contribution in [1.82, 2.24) is 5.32 Å². The van der Waals surface area contributed by atoms with Gasteiger partial charge >= 0.3 is 0 Å². The second kappa shape index (κ2) is 5.77. The highest BCUT2D eigenvalue weighted by Crippen LogP contribution is 2.35. The minimum atomic E-state index is -0.192. The number of hydrogen-bond donors (Lipinski definition) is 1. The Hall–Kier alpha value is -1.42.